The molecule has 3 saturated heterocycles. The fraction of sp³-hybridized carbons (Fsp3) is 0.638. The highest BCUT2D eigenvalue weighted by Gasteiger charge is 2.43. The summed E-state index contributed by atoms with van der Waals surface area (Å²) in [6.45, 7) is 34.6. The summed E-state index contributed by atoms with van der Waals surface area (Å²) in [6.07, 6.45) is 0.810. The van der Waals surface area contributed by atoms with E-state index in [1.807, 2.05) is 132 Å². The molecular weight excluding hydrogens is 1110 g/mol. The van der Waals surface area contributed by atoms with Gasteiger partial charge in [-0.15, -0.1) is 0 Å². The highest BCUT2D eigenvalue weighted by molar-refractivity contribution is 5.94. The molecule has 0 bridgehead atoms. The van der Waals surface area contributed by atoms with Crippen LogP contribution >= 0.6 is 0 Å². The summed E-state index contributed by atoms with van der Waals surface area (Å²) < 4.78 is 51.3. The summed E-state index contributed by atoms with van der Waals surface area (Å²) in [5.74, 6) is -5.32. The fourth-order valence-corrected chi connectivity index (χ4v) is 11.5. The molecule has 6 rings (SSSR count). The van der Waals surface area contributed by atoms with Crippen LogP contribution < -0.4 is 0 Å². The molecule has 3 aromatic rings. The van der Waals surface area contributed by atoms with Gasteiger partial charge in [-0.2, -0.15) is 0 Å². The van der Waals surface area contributed by atoms with Crippen LogP contribution in [0, 0.1) is 41.3 Å². The minimum absolute atomic E-state index is 0.0224. The second-order valence-electron chi connectivity index (χ2n) is 30.1. The lowest BCUT2D eigenvalue weighted by Gasteiger charge is -2.29. The summed E-state index contributed by atoms with van der Waals surface area (Å²) in [5, 5.41) is 0. The van der Waals surface area contributed by atoms with Crippen molar-refractivity contribution in [1.29, 1.82) is 0 Å². The molecule has 3 aliphatic rings. The zero-order valence-electron chi connectivity index (χ0n) is 55.2. The topological polar surface area (TPSA) is 188 Å². The fourth-order valence-electron chi connectivity index (χ4n) is 11.5. The SMILES string of the molecule is CC(C)(C)OC(=O)[C@@H](Cc1cccc(CN(Cc2cccc(C[C@H](C(=O)OC(C)(C)C)[C@H]3CCN(C(=O)OC(C)(C)C)C3)c2)C(=O)c2cc(F)cc(C[C@H](C(=O)OC(C)(C)C)[C@H]3CCN(C(=O)OC(C)(C)C)C3)c2)c1)[C@H]1CCN(C(=O)OC(C)(C)C)C1. The Morgan fingerprint density at radius 1 is 0.425 bits per heavy atom. The summed E-state index contributed by atoms with van der Waals surface area (Å²) in [7, 11) is 0. The lowest BCUT2D eigenvalue weighted by Crippen LogP contribution is -2.38. The van der Waals surface area contributed by atoms with Crippen molar-refractivity contribution in [2.24, 2.45) is 35.5 Å². The second kappa shape index (κ2) is 27.8. The van der Waals surface area contributed by atoms with E-state index in [9.17, 15) is 28.8 Å². The van der Waals surface area contributed by atoms with Crippen molar-refractivity contribution in [2.75, 3.05) is 39.3 Å². The number of amides is 4. The Morgan fingerprint density at radius 3 is 1.03 bits per heavy atom. The van der Waals surface area contributed by atoms with Crippen LogP contribution in [0.1, 0.15) is 182 Å². The third-order valence-electron chi connectivity index (χ3n) is 15.1. The van der Waals surface area contributed by atoms with Gasteiger partial charge in [-0.25, -0.2) is 18.8 Å². The van der Waals surface area contributed by atoms with Crippen LogP contribution in [0.15, 0.2) is 66.7 Å². The van der Waals surface area contributed by atoms with E-state index in [-0.39, 0.29) is 74.2 Å². The molecule has 3 aromatic carbocycles. The van der Waals surface area contributed by atoms with Crippen LogP contribution in [0.25, 0.3) is 0 Å². The van der Waals surface area contributed by atoms with Gasteiger partial charge in [0.05, 0.1) is 17.8 Å². The number of nitrogens with zero attached hydrogens (tertiary/aromatic N) is 4. The number of halogens is 1. The maximum Gasteiger partial charge on any atom is 0.410 e. The lowest BCUT2D eigenvalue weighted by atomic mass is 9.85. The number of hydrogen-bond donors (Lipinski definition) is 0. The number of ether oxygens (including phenoxy) is 6. The molecule has 0 N–H and O–H groups in total. The minimum atomic E-state index is -0.844. The molecule has 0 aromatic heterocycles. The molecule has 3 fully saturated rings. The van der Waals surface area contributed by atoms with E-state index in [0.717, 1.165) is 22.3 Å². The Hall–Kier alpha value is -6.72. The number of esters is 3. The van der Waals surface area contributed by atoms with Gasteiger partial charge in [-0.05, 0) is 227 Å². The Bertz CT molecular complexity index is 2810. The zero-order chi connectivity index (χ0) is 64.8. The van der Waals surface area contributed by atoms with Crippen molar-refractivity contribution in [3.63, 3.8) is 0 Å². The summed E-state index contributed by atoms with van der Waals surface area (Å²) in [5.41, 5.74) is -1.03. The highest BCUT2D eigenvalue weighted by Crippen LogP contribution is 2.35. The molecule has 0 aliphatic carbocycles. The van der Waals surface area contributed by atoms with Crippen molar-refractivity contribution >= 4 is 42.1 Å². The molecule has 480 valence electrons. The summed E-state index contributed by atoms with van der Waals surface area (Å²) in [6, 6.07) is 19.4. The Morgan fingerprint density at radius 2 is 0.724 bits per heavy atom. The van der Waals surface area contributed by atoms with E-state index in [0.29, 0.717) is 57.5 Å². The minimum Gasteiger partial charge on any atom is -0.460 e. The number of likely N-dealkylation sites (tertiary alicyclic amines) is 3. The number of hydrogen-bond acceptors (Lipinski definition) is 13. The predicted molar refractivity (Wildman–Crippen MR) is 330 cm³/mol. The summed E-state index contributed by atoms with van der Waals surface area (Å²) >= 11 is 0. The molecule has 0 saturated carbocycles. The average molecular weight is 1210 g/mol. The Kier molecular flexibility index (Phi) is 22.1. The molecule has 87 heavy (non-hydrogen) atoms. The van der Waals surface area contributed by atoms with Gasteiger partial charge in [0.25, 0.3) is 5.91 Å². The van der Waals surface area contributed by atoms with Crippen LogP contribution in [0.4, 0.5) is 18.8 Å². The maximum atomic E-state index is 16.3. The van der Waals surface area contributed by atoms with Crippen LogP contribution in [-0.2, 0) is 75.2 Å². The number of carbonyl (C=O) groups excluding carboxylic acids is 7. The molecule has 0 spiro atoms. The zero-order valence-corrected chi connectivity index (χ0v) is 55.2. The third kappa shape index (κ3) is 22.1. The maximum absolute atomic E-state index is 16.3. The number of rotatable bonds is 17. The van der Waals surface area contributed by atoms with Gasteiger partial charge in [-0.1, -0.05) is 48.5 Å². The molecular formula is C69H99FN4O13. The van der Waals surface area contributed by atoms with E-state index in [2.05, 4.69) is 0 Å². The largest absolute Gasteiger partial charge is 0.460 e. The predicted octanol–water partition coefficient (Wildman–Crippen LogP) is 12.9. The van der Waals surface area contributed by atoms with Gasteiger partial charge in [0, 0.05) is 57.9 Å². The first-order valence-electron chi connectivity index (χ1n) is 30.9. The average Bonchev–Trinajstić information content (AvgIpc) is 4.23. The molecule has 4 amide bonds. The molecule has 3 aliphatic heterocycles. The van der Waals surface area contributed by atoms with Gasteiger partial charge in [-0.3, -0.25) is 19.2 Å². The van der Waals surface area contributed by atoms with E-state index >= 15 is 9.18 Å². The second-order valence-corrected chi connectivity index (χ2v) is 30.1. The monoisotopic (exact) mass is 1210 g/mol. The van der Waals surface area contributed by atoms with Crippen LogP contribution in [-0.4, -0.2) is 135 Å². The van der Waals surface area contributed by atoms with Crippen LogP contribution in [0.2, 0.25) is 0 Å². The molecule has 0 radical (unpaired) electrons. The molecule has 6 atom stereocenters. The first-order chi connectivity index (χ1) is 40.1. The van der Waals surface area contributed by atoms with E-state index in [4.69, 9.17) is 28.4 Å². The number of benzene rings is 3. The van der Waals surface area contributed by atoms with Gasteiger partial charge in [0.15, 0.2) is 0 Å². The van der Waals surface area contributed by atoms with Crippen molar-refractivity contribution in [2.45, 2.75) is 210 Å². The van der Waals surface area contributed by atoms with Crippen molar-refractivity contribution in [3.05, 3.63) is 106 Å². The smallest absolute Gasteiger partial charge is 0.410 e. The van der Waals surface area contributed by atoms with Crippen molar-refractivity contribution < 1.29 is 66.4 Å². The highest BCUT2D eigenvalue weighted by atomic mass is 19.1. The van der Waals surface area contributed by atoms with Gasteiger partial charge in [0.2, 0.25) is 0 Å². The normalized spacial score (nSPS) is 18.8. The van der Waals surface area contributed by atoms with E-state index in [1.54, 1.807) is 67.2 Å². The van der Waals surface area contributed by atoms with E-state index in [1.165, 1.54) is 12.1 Å². The first kappa shape index (κ1) is 69.4. The van der Waals surface area contributed by atoms with Gasteiger partial charge >= 0.3 is 36.2 Å². The van der Waals surface area contributed by atoms with E-state index < -0.39 is 87.3 Å². The number of carbonyl (C=O) groups is 7. The Balaban J connectivity index is 1.36. The van der Waals surface area contributed by atoms with Gasteiger partial charge < -0.3 is 48.0 Å². The van der Waals surface area contributed by atoms with Crippen LogP contribution in [0.5, 0.6) is 0 Å². The molecule has 3 heterocycles. The lowest BCUT2D eigenvalue weighted by molar-refractivity contribution is -0.163. The Labute approximate surface area is 516 Å². The molecule has 17 nitrogen and oxygen atoms in total. The first-order valence-corrected chi connectivity index (χ1v) is 30.9. The van der Waals surface area contributed by atoms with Crippen LogP contribution in [0.3, 0.4) is 0 Å². The van der Waals surface area contributed by atoms with Crippen molar-refractivity contribution in [3.8, 4) is 0 Å². The molecule has 0 unspecified atom stereocenters. The quantitative estimate of drug-likeness (QED) is 0.0918. The van der Waals surface area contributed by atoms with Crippen molar-refractivity contribution in [1.82, 2.24) is 19.6 Å². The third-order valence-corrected chi connectivity index (χ3v) is 15.1. The summed E-state index contributed by atoms with van der Waals surface area (Å²) in [4.78, 5) is 104. The molecule has 18 heteroatoms. The van der Waals surface area contributed by atoms with Gasteiger partial charge in [0.1, 0.15) is 39.4 Å². The standard InChI is InChI=1S/C69H99FN4O13/c1-64(2,3)82-58(76)54(49-25-28-71(41-49)61(79)85-67(10,11)12)35-44-21-19-23-46(31-44)39-74(40-47-24-20-22-45(32-47)36-55(59(77)83-65(4,5)6)50-26-29-72(42-50)62(80)86-68(13,14)15)57(75)52-33-48(34-53(70)38-52)37-56(60(78)84-66(7,8)9)51-27-30-73(43-51)63(81)87-69(16,17)18/h19-24,31-34,38,49-51,54-56H,25-30,35-37,39-43H2,1-18H3/t49-,50-,51-,54-,55-,56-/m0/s1.